The molecule has 2 aromatic rings. The van der Waals surface area contributed by atoms with Crippen LogP contribution in [-0.2, 0) is 4.79 Å². The molecule has 0 spiro atoms. The van der Waals surface area contributed by atoms with E-state index in [-0.39, 0.29) is 5.97 Å². The summed E-state index contributed by atoms with van der Waals surface area (Å²) in [7, 11) is 0. The van der Waals surface area contributed by atoms with Crippen molar-refractivity contribution in [1.29, 1.82) is 0 Å². The van der Waals surface area contributed by atoms with E-state index in [9.17, 15) is 4.79 Å². The number of anilines is 2. The molecule has 0 fully saturated rings. The van der Waals surface area contributed by atoms with E-state index in [0.29, 0.717) is 17.1 Å². The van der Waals surface area contributed by atoms with Gasteiger partial charge in [-0.2, -0.15) is 0 Å². The summed E-state index contributed by atoms with van der Waals surface area (Å²) in [5, 5.41) is 0. The van der Waals surface area contributed by atoms with Gasteiger partial charge in [0.1, 0.15) is 5.75 Å². The minimum Gasteiger partial charge on any atom is -0.426 e. The number of ether oxygens (including phenoxy) is 1. The highest BCUT2D eigenvalue weighted by molar-refractivity contribution is 5.78. The zero-order chi connectivity index (χ0) is 13.1. The van der Waals surface area contributed by atoms with Gasteiger partial charge in [0.15, 0.2) is 0 Å². The molecule has 0 aliphatic carbocycles. The molecule has 0 radical (unpaired) electrons. The maximum absolute atomic E-state index is 11.1. The van der Waals surface area contributed by atoms with Gasteiger partial charge in [-0.15, -0.1) is 0 Å². The first-order valence-electron chi connectivity index (χ1n) is 5.50. The Morgan fingerprint density at radius 1 is 1.00 bits per heavy atom. The second-order valence-corrected chi connectivity index (χ2v) is 3.97. The number of rotatable bonds is 2. The third-order valence-electron chi connectivity index (χ3n) is 2.48. The van der Waals surface area contributed by atoms with Crippen molar-refractivity contribution in [2.24, 2.45) is 0 Å². The molecule has 4 N–H and O–H groups in total. The van der Waals surface area contributed by atoms with Gasteiger partial charge < -0.3 is 16.2 Å². The van der Waals surface area contributed by atoms with Crippen LogP contribution in [0.15, 0.2) is 42.5 Å². The number of carbonyl (C=O) groups is 1. The van der Waals surface area contributed by atoms with Crippen molar-refractivity contribution in [2.45, 2.75) is 6.92 Å². The zero-order valence-corrected chi connectivity index (χ0v) is 10.0. The Hall–Kier alpha value is -2.49. The van der Waals surface area contributed by atoms with Crippen molar-refractivity contribution in [3.8, 4) is 16.9 Å². The Balaban J connectivity index is 2.49. The summed E-state index contributed by atoms with van der Waals surface area (Å²) in [6.07, 6.45) is 0. The molecule has 0 unspecified atom stereocenters. The van der Waals surface area contributed by atoms with Crippen molar-refractivity contribution >= 4 is 17.3 Å². The highest BCUT2D eigenvalue weighted by Crippen LogP contribution is 2.32. The molecule has 92 valence electrons. The summed E-state index contributed by atoms with van der Waals surface area (Å²) in [6, 6.07) is 12.5. The van der Waals surface area contributed by atoms with E-state index in [4.69, 9.17) is 16.2 Å². The first-order chi connectivity index (χ1) is 8.56. The first kappa shape index (κ1) is 12.0. The summed E-state index contributed by atoms with van der Waals surface area (Å²) in [6.45, 7) is 1.36. The number of hydrogen-bond acceptors (Lipinski definition) is 4. The van der Waals surface area contributed by atoms with Gasteiger partial charge in [0.2, 0.25) is 0 Å². The van der Waals surface area contributed by atoms with Gasteiger partial charge in [-0.1, -0.05) is 12.1 Å². The molecular weight excluding hydrogens is 228 g/mol. The molecule has 18 heavy (non-hydrogen) atoms. The summed E-state index contributed by atoms with van der Waals surface area (Å²) in [5.74, 6) is 0.0737. The van der Waals surface area contributed by atoms with E-state index < -0.39 is 0 Å². The van der Waals surface area contributed by atoms with Crippen LogP contribution in [0.2, 0.25) is 0 Å². The molecule has 0 aromatic heterocycles. The van der Waals surface area contributed by atoms with Gasteiger partial charge in [0.25, 0.3) is 0 Å². The van der Waals surface area contributed by atoms with Gasteiger partial charge >= 0.3 is 5.97 Å². The van der Waals surface area contributed by atoms with E-state index in [2.05, 4.69) is 0 Å². The molecule has 4 nitrogen and oxygen atoms in total. The summed E-state index contributed by atoms with van der Waals surface area (Å²) < 4.78 is 5.16. The van der Waals surface area contributed by atoms with E-state index in [1.54, 1.807) is 24.3 Å². The Morgan fingerprint density at radius 2 is 1.61 bits per heavy atom. The quantitative estimate of drug-likeness (QED) is 0.481. The Labute approximate surface area is 105 Å². The van der Waals surface area contributed by atoms with Crippen molar-refractivity contribution in [3.05, 3.63) is 42.5 Å². The van der Waals surface area contributed by atoms with Crippen LogP contribution in [0, 0.1) is 0 Å². The number of esters is 1. The minimum atomic E-state index is -0.378. The molecule has 0 aliphatic rings. The van der Waals surface area contributed by atoms with Gasteiger partial charge in [-0.25, -0.2) is 0 Å². The zero-order valence-electron chi connectivity index (χ0n) is 10.0. The minimum absolute atomic E-state index is 0.378. The number of carbonyl (C=O) groups excluding carboxylic acids is 1. The molecule has 0 saturated heterocycles. The lowest BCUT2D eigenvalue weighted by atomic mass is 10.0. The van der Waals surface area contributed by atoms with Crippen LogP contribution in [0.3, 0.4) is 0 Å². The van der Waals surface area contributed by atoms with Crippen LogP contribution in [0.5, 0.6) is 5.75 Å². The normalized spacial score (nSPS) is 10.1. The Bertz CT molecular complexity index is 577. The van der Waals surface area contributed by atoms with Crippen LogP contribution < -0.4 is 16.2 Å². The average molecular weight is 242 g/mol. The standard InChI is InChI=1S/C14H14N2O2/c1-9(17)18-14-8-12(16)6-7-13(14)10-2-4-11(15)5-3-10/h2-8H,15-16H2,1H3. The van der Waals surface area contributed by atoms with Crippen molar-refractivity contribution < 1.29 is 9.53 Å². The number of nitrogens with two attached hydrogens (primary N) is 2. The van der Waals surface area contributed by atoms with Gasteiger partial charge in [0, 0.05) is 29.9 Å². The maximum Gasteiger partial charge on any atom is 0.308 e. The van der Waals surface area contributed by atoms with E-state index in [0.717, 1.165) is 11.1 Å². The van der Waals surface area contributed by atoms with E-state index in [1.165, 1.54) is 6.92 Å². The number of nitrogen functional groups attached to an aromatic ring is 2. The molecule has 0 saturated carbocycles. The SMILES string of the molecule is CC(=O)Oc1cc(N)ccc1-c1ccc(N)cc1. The van der Waals surface area contributed by atoms with Gasteiger partial charge in [0.05, 0.1) is 0 Å². The smallest absolute Gasteiger partial charge is 0.308 e. The Morgan fingerprint density at radius 3 is 2.22 bits per heavy atom. The average Bonchev–Trinajstić information content (AvgIpc) is 2.30. The molecule has 2 aromatic carbocycles. The van der Waals surface area contributed by atoms with Crippen LogP contribution in [-0.4, -0.2) is 5.97 Å². The largest absolute Gasteiger partial charge is 0.426 e. The maximum atomic E-state index is 11.1. The topological polar surface area (TPSA) is 78.3 Å². The molecule has 2 rings (SSSR count). The van der Waals surface area contributed by atoms with Crippen molar-refractivity contribution in [3.63, 3.8) is 0 Å². The summed E-state index contributed by atoms with van der Waals surface area (Å²) >= 11 is 0. The second-order valence-electron chi connectivity index (χ2n) is 3.97. The monoisotopic (exact) mass is 242 g/mol. The fourth-order valence-electron chi connectivity index (χ4n) is 1.68. The fraction of sp³-hybridized carbons (Fsp3) is 0.0714. The van der Waals surface area contributed by atoms with Crippen LogP contribution >= 0.6 is 0 Å². The van der Waals surface area contributed by atoms with Crippen LogP contribution in [0.1, 0.15) is 6.92 Å². The number of hydrogen-bond donors (Lipinski definition) is 2. The summed E-state index contributed by atoms with van der Waals surface area (Å²) in [4.78, 5) is 11.1. The van der Waals surface area contributed by atoms with E-state index in [1.807, 2.05) is 18.2 Å². The first-order valence-corrected chi connectivity index (χ1v) is 5.50. The molecule has 0 atom stereocenters. The molecular formula is C14H14N2O2. The third-order valence-corrected chi connectivity index (χ3v) is 2.48. The number of benzene rings is 2. The van der Waals surface area contributed by atoms with Crippen molar-refractivity contribution in [1.82, 2.24) is 0 Å². The molecule has 0 amide bonds. The lowest BCUT2D eigenvalue weighted by Gasteiger charge is -2.10. The predicted octanol–water partition coefficient (Wildman–Crippen LogP) is 2.44. The predicted molar refractivity (Wildman–Crippen MR) is 72.0 cm³/mol. The fourth-order valence-corrected chi connectivity index (χ4v) is 1.68. The molecule has 0 bridgehead atoms. The third kappa shape index (κ3) is 2.60. The second kappa shape index (κ2) is 4.79. The highest BCUT2D eigenvalue weighted by Gasteiger charge is 2.09. The molecule has 0 heterocycles. The lowest BCUT2D eigenvalue weighted by Crippen LogP contribution is -2.03. The van der Waals surface area contributed by atoms with Gasteiger partial charge in [-0.05, 0) is 29.8 Å². The van der Waals surface area contributed by atoms with Crippen molar-refractivity contribution in [2.75, 3.05) is 11.5 Å². The van der Waals surface area contributed by atoms with Gasteiger partial charge in [-0.3, -0.25) is 4.79 Å². The van der Waals surface area contributed by atoms with E-state index >= 15 is 0 Å². The highest BCUT2D eigenvalue weighted by atomic mass is 16.5. The Kier molecular flexibility index (Phi) is 3.19. The molecule has 4 heteroatoms. The lowest BCUT2D eigenvalue weighted by molar-refractivity contribution is -0.131. The summed E-state index contributed by atoms with van der Waals surface area (Å²) in [5.41, 5.74) is 14.3. The van der Waals surface area contributed by atoms with Crippen LogP contribution in [0.4, 0.5) is 11.4 Å². The van der Waals surface area contributed by atoms with Crippen LogP contribution in [0.25, 0.3) is 11.1 Å². The molecule has 0 aliphatic heterocycles.